The molecule has 2 heterocycles. The van der Waals surface area contributed by atoms with Gasteiger partial charge in [0, 0.05) is 55.3 Å². The summed E-state index contributed by atoms with van der Waals surface area (Å²) >= 11 is 1.22. The number of carboxylic acids is 1. The number of nitrogens with zero attached hydrogens (tertiary/aromatic N) is 2. The number of aromatic nitrogens is 2. The molecule has 10 heteroatoms. The summed E-state index contributed by atoms with van der Waals surface area (Å²) in [5, 5.41) is 16.1. The predicted molar refractivity (Wildman–Crippen MR) is 134 cm³/mol. The molecule has 35 heavy (non-hydrogen) atoms. The van der Waals surface area contributed by atoms with Gasteiger partial charge in [-0.15, -0.1) is 11.3 Å². The van der Waals surface area contributed by atoms with E-state index in [1.807, 2.05) is 31.3 Å². The summed E-state index contributed by atoms with van der Waals surface area (Å²) in [6.45, 7) is 5.47. The van der Waals surface area contributed by atoms with Gasteiger partial charge in [-0.3, -0.25) is 9.59 Å². The minimum atomic E-state index is -1.10. The number of carboxylic acid groups (broad SMARTS) is 1. The molecule has 188 valence electrons. The van der Waals surface area contributed by atoms with Gasteiger partial charge in [-0.1, -0.05) is 32.0 Å². The molecule has 3 atom stereocenters. The lowest BCUT2D eigenvalue weighted by Crippen LogP contribution is -2.44. The maximum Gasteiger partial charge on any atom is 0.326 e. The second-order valence-corrected chi connectivity index (χ2v) is 9.77. The summed E-state index contributed by atoms with van der Waals surface area (Å²) in [5.41, 5.74) is 1.84. The van der Waals surface area contributed by atoms with Crippen LogP contribution in [0.2, 0.25) is 0 Å². The average molecular weight is 501 g/mol. The van der Waals surface area contributed by atoms with E-state index >= 15 is 0 Å². The van der Waals surface area contributed by atoms with Crippen molar-refractivity contribution in [2.75, 3.05) is 14.1 Å². The average Bonchev–Trinajstić information content (AvgIpc) is 3.46. The van der Waals surface area contributed by atoms with Gasteiger partial charge < -0.3 is 25.0 Å². The van der Waals surface area contributed by atoms with Crippen molar-refractivity contribution in [3.63, 3.8) is 0 Å². The number of thiazole rings is 1. The molecule has 3 rings (SSSR count). The fourth-order valence-electron chi connectivity index (χ4n) is 4.11. The number of fused-ring (bicyclic) bond motifs is 1. The summed E-state index contributed by atoms with van der Waals surface area (Å²) in [7, 11) is 3.31. The third-order valence-electron chi connectivity index (χ3n) is 6.13. The van der Waals surface area contributed by atoms with Gasteiger partial charge in [-0.25, -0.2) is 9.78 Å². The highest BCUT2D eigenvalue weighted by Gasteiger charge is 2.31. The molecule has 1 amide bonds. The number of hydrogen-bond acceptors (Lipinski definition) is 7. The molecule has 0 fully saturated rings. The fraction of sp³-hybridized carbons (Fsp3) is 0.440. The van der Waals surface area contributed by atoms with Gasteiger partial charge in [0.05, 0.1) is 0 Å². The number of likely N-dealkylation sites (N-methyl/N-ethyl adjacent to an activating group) is 1. The molecular formula is C25H32N4O5S. The van der Waals surface area contributed by atoms with Crippen molar-refractivity contribution >= 4 is 40.1 Å². The van der Waals surface area contributed by atoms with Gasteiger partial charge >= 0.3 is 11.9 Å². The van der Waals surface area contributed by atoms with Gasteiger partial charge in [-0.05, 0) is 24.6 Å². The summed E-state index contributed by atoms with van der Waals surface area (Å²) in [5.74, 6) is -1.74. The standard InChI is InChI=1S/C25H32N4O5S/c1-14(2)19(26-4)11-22(34-15(3)30)23-28-20(13-35-23)24(31)29(5)21(25(32)33)10-16-12-27-18-9-7-6-8-17(16)18/h6-9,12-14,19,21-22,26-27H,10-11H2,1-5H3,(H,32,33)/t19-,21?,22-/m1/s1. The Morgan fingerprint density at radius 3 is 2.60 bits per heavy atom. The van der Waals surface area contributed by atoms with Gasteiger partial charge in [0.2, 0.25) is 0 Å². The van der Waals surface area contributed by atoms with Crippen molar-refractivity contribution in [1.82, 2.24) is 20.2 Å². The quantitative estimate of drug-likeness (QED) is 0.343. The van der Waals surface area contributed by atoms with Crippen molar-refractivity contribution in [3.8, 4) is 0 Å². The molecule has 0 aliphatic rings. The summed E-state index contributed by atoms with van der Waals surface area (Å²) in [6, 6.07) is 6.62. The number of rotatable bonds is 11. The predicted octanol–water partition coefficient (Wildman–Crippen LogP) is 3.63. The van der Waals surface area contributed by atoms with E-state index in [9.17, 15) is 19.5 Å². The molecule has 0 saturated carbocycles. The third-order valence-corrected chi connectivity index (χ3v) is 7.07. The molecule has 0 bridgehead atoms. The van der Waals surface area contributed by atoms with Crippen LogP contribution in [0.5, 0.6) is 0 Å². The van der Waals surface area contributed by atoms with Crippen molar-refractivity contribution in [2.24, 2.45) is 5.92 Å². The van der Waals surface area contributed by atoms with E-state index in [1.165, 1.54) is 30.2 Å². The van der Waals surface area contributed by atoms with Crippen LogP contribution >= 0.6 is 11.3 Å². The van der Waals surface area contributed by atoms with Crippen LogP contribution in [0, 0.1) is 5.92 Å². The zero-order valence-corrected chi connectivity index (χ0v) is 21.4. The third kappa shape index (κ3) is 6.26. The maximum absolute atomic E-state index is 13.2. The number of aliphatic carboxylic acids is 1. The number of carbonyl (C=O) groups is 3. The van der Waals surface area contributed by atoms with E-state index in [-0.39, 0.29) is 18.2 Å². The van der Waals surface area contributed by atoms with Crippen molar-refractivity contribution in [2.45, 2.75) is 51.8 Å². The van der Waals surface area contributed by atoms with Crippen molar-refractivity contribution in [3.05, 3.63) is 52.1 Å². The monoisotopic (exact) mass is 500 g/mol. The number of aromatic amines is 1. The first-order valence-electron chi connectivity index (χ1n) is 11.5. The molecule has 0 aliphatic carbocycles. The molecular weight excluding hydrogens is 468 g/mol. The number of benzene rings is 1. The molecule has 0 aliphatic heterocycles. The second-order valence-electron chi connectivity index (χ2n) is 8.88. The number of amides is 1. The largest absolute Gasteiger partial charge is 0.480 e. The van der Waals surface area contributed by atoms with Gasteiger partial charge in [-0.2, -0.15) is 0 Å². The van der Waals surface area contributed by atoms with Crippen LogP contribution in [0.3, 0.4) is 0 Å². The maximum atomic E-state index is 13.2. The molecule has 1 aromatic carbocycles. The first-order chi connectivity index (χ1) is 16.6. The highest BCUT2D eigenvalue weighted by molar-refractivity contribution is 7.09. The minimum absolute atomic E-state index is 0.0811. The Labute approximate surface area is 208 Å². The number of esters is 1. The van der Waals surface area contributed by atoms with E-state index in [0.717, 1.165) is 16.5 Å². The first-order valence-corrected chi connectivity index (χ1v) is 12.3. The Bertz CT molecular complexity index is 1190. The zero-order valence-electron chi connectivity index (χ0n) is 20.6. The zero-order chi connectivity index (χ0) is 25.7. The molecule has 3 N–H and O–H groups in total. The van der Waals surface area contributed by atoms with E-state index in [1.54, 1.807) is 11.6 Å². The Kier molecular flexibility index (Phi) is 8.63. The number of ether oxygens (including phenoxy) is 1. The number of para-hydroxylation sites is 1. The van der Waals surface area contributed by atoms with Crippen molar-refractivity contribution < 1.29 is 24.2 Å². The van der Waals surface area contributed by atoms with E-state index in [2.05, 4.69) is 29.1 Å². The molecule has 2 aromatic heterocycles. The molecule has 9 nitrogen and oxygen atoms in total. The number of H-pyrrole nitrogens is 1. The van der Waals surface area contributed by atoms with Gasteiger partial charge in [0.25, 0.3) is 5.91 Å². The lowest BCUT2D eigenvalue weighted by Gasteiger charge is -2.25. The fourth-order valence-corrected chi connectivity index (χ4v) is 4.94. The molecule has 1 unspecified atom stereocenters. The molecule has 0 radical (unpaired) electrons. The molecule has 0 spiro atoms. The van der Waals surface area contributed by atoms with Crippen LogP contribution in [0.1, 0.15) is 54.4 Å². The van der Waals surface area contributed by atoms with Crippen LogP contribution in [-0.4, -0.2) is 64.0 Å². The smallest absolute Gasteiger partial charge is 0.326 e. The minimum Gasteiger partial charge on any atom is -0.480 e. The van der Waals surface area contributed by atoms with Crippen molar-refractivity contribution in [1.29, 1.82) is 0 Å². The Balaban J connectivity index is 1.81. The van der Waals surface area contributed by atoms with Crippen LogP contribution in [0.25, 0.3) is 10.9 Å². The molecule has 3 aromatic rings. The SMILES string of the molecule is CN[C@H](C[C@@H](OC(C)=O)c1nc(C(=O)N(C)C(Cc2c[nH]c3ccccc23)C(=O)O)cs1)C(C)C. The molecule has 0 saturated heterocycles. The number of carbonyl (C=O) groups excluding carboxylic acids is 2. The second kappa shape index (κ2) is 11.5. The van der Waals surface area contributed by atoms with Gasteiger partial charge in [0.1, 0.15) is 16.7 Å². The van der Waals surface area contributed by atoms with Crippen LogP contribution in [-0.2, 0) is 20.7 Å². The first kappa shape index (κ1) is 26.4. The van der Waals surface area contributed by atoms with Crippen LogP contribution in [0.15, 0.2) is 35.8 Å². The summed E-state index contributed by atoms with van der Waals surface area (Å²) in [4.78, 5) is 45.8. The highest BCUT2D eigenvalue weighted by Crippen LogP contribution is 2.29. The van der Waals surface area contributed by atoms with Crippen LogP contribution in [0.4, 0.5) is 0 Å². The van der Waals surface area contributed by atoms with Gasteiger partial charge in [0.15, 0.2) is 6.10 Å². The van der Waals surface area contributed by atoms with Crippen LogP contribution < -0.4 is 5.32 Å². The van der Waals surface area contributed by atoms with E-state index in [4.69, 9.17) is 4.74 Å². The Hall–Kier alpha value is -3.24. The normalized spacial score (nSPS) is 14.0. The number of nitrogens with one attached hydrogen (secondary N) is 2. The van der Waals surface area contributed by atoms with E-state index in [0.29, 0.717) is 17.3 Å². The summed E-state index contributed by atoms with van der Waals surface area (Å²) < 4.78 is 5.52. The summed E-state index contributed by atoms with van der Waals surface area (Å²) in [6.07, 6.45) is 1.82. The lowest BCUT2D eigenvalue weighted by atomic mass is 9.98. The number of hydrogen-bond donors (Lipinski definition) is 3. The Morgan fingerprint density at radius 1 is 1.26 bits per heavy atom. The Morgan fingerprint density at radius 2 is 1.97 bits per heavy atom. The van der Waals surface area contributed by atoms with E-state index < -0.39 is 30.0 Å². The topological polar surface area (TPSA) is 125 Å². The highest BCUT2D eigenvalue weighted by atomic mass is 32.1. The lowest BCUT2D eigenvalue weighted by molar-refractivity contribution is -0.147.